The van der Waals surface area contributed by atoms with Crippen molar-refractivity contribution in [3.05, 3.63) is 51.5 Å². The van der Waals surface area contributed by atoms with Crippen LogP contribution < -0.4 is 4.74 Å². The summed E-state index contributed by atoms with van der Waals surface area (Å²) in [6, 6.07) is 1.64. The minimum absolute atomic E-state index is 0.0358. The van der Waals surface area contributed by atoms with E-state index >= 15 is 0 Å². The van der Waals surface area contributed by atoms with Crippen LogP contribution in [0.4, 0.5) is 4.39 Å². The van der Waals surface area contributed by atoms with Gasteiger partial charge in [-0.15, -0.1) is 11.3 Å². The number of hydrogen-bond donors (Lipinski definition) is 0. The Morgan fingerprint density at radius 1 is 1.41 bits per heavy atom. The van der Waals surface area contributed by atoms with Gasteiger partial charge in [0, 0.05) is 40.8 Å². The zero-order chi connectivity index (χ0) is 15.9. The lowest BCUT2D eigenvalue weighted by Gasteiger charge is -2.18. The highest BCUT2D eigenvalue weighted by atomic mass is 32.1. The van der Waals surface area contributed by atoms with E-state index in [1.165, 1.54) is 25.6 Å². The minimum atomic E-state index is -0.588. The number of ketones is 1. The average molecular weight is 318 g/mol. The summed E-state index contributed by atoms with van der Waals surface area (Å²) in [5.74, 6) is -0.904. The number of nitrogens with zero attached hydrogens (tertiary/aromatic N) is 1. The van der Waals surface area contributed by atoms with Crippen LogP contribution in [-0.2, 0) is 4.74 Å². The summed E-state index contributed by atoms with van der Waals surface area (Å²) in [6.45, 7) is 1.74. The minimum Gasteiger partial charge on any atom is -0.493 e. The molecule has 0 saturated carbocycles. The van der Waals surface area contributed by atoms with Crippen molar-refractivity contribution in [1.29, 1.82) is 0 Å². The Hall–Kier alpha value is -2.21. The molecule has 0 bridgehead atoms. The molecule has 0 atom stereocenters. The monoisotopic (exact) mass is 318 g/mol. The maximum atomic E-state index is 14.5. The lowest BCUT2D eigenvalue weighted by molar-refractivity contribution is 0.102. The molecule has 113 valence electrons. The van der Waals surface area contributed by atoms with Crippen molar-refractivity contribution < 1.29 is 18.7 Å². The largest absolute Gasteiger partial charge is 0.493 e. The highest BCUT2D eigenvalue weighted by Gasteiger charge is 2.33. The van der Waals surface area contributed by atoms with E-state index in [1.54, 1.807) is 18.4 Å². The van der Waals surface area contributed by atoms with Crippen molar-refractivity contribution >= 4 is 22.8 Å². The Kier molecular flexibility index (Phi) is 3.70. The first-order valence-electron chi connectivity index (χ1n) is 6.58. The molecule has 2 aliphatic rings. The molecular formula is C16H13FNO3S. The van der Waals surface area contributed by atoms with Crippen LogP contribution in [0.1, 0.15) is 23.7 Å². The maximum Gasteiger partial charge on any atom is 0.194 e. The normalized spacial score (nSPS) is 17.3. The number of fused-ring (bicyclic) bond motifs is 1. The number of Topliss-reactive ketones (excluding diaryl/α,β-unsaturated/α-hetero) is 1. The number of methoxy groups -OCH3 is 2. The summed E-state index contributed by atoms with van der Waals surface area (Å²) >= 11 is 1.31. The molecule has 1 aliphatic carbocycles. The SMILES string of the molecule is COC1=C(C(=O)c2csc(OC)c2)CC2=NC(C)=[C]C2=C1F. The molecule has 0 spiro atoms. The molecule has 0 unspecified atom stereocenters. The second-order valence-corrected chi connectivity index (χ2v) is 5.71. The van der Waals surface area contributed by atoms with Gasteiger partial charge in [0.1, 0.15) is 0 Å². The quantitative estimate of drug-likeness (QED) is 0.797. The van der Waals surface area contributed by atoms with E-state index in [9.17, 15) is 9.18 Å². The first-order chi connectivity index (χ1) is 10.5. The fourth-order valence-electron chi connectivity index (χ4n) is 2.46. The van der Waals surface area contributed by atoms with E-state index in [0.717, 1.165) is 0 Å². The van der Waals surface area contributed by atoms with Crippen molar-refractivity contribution in [3.63, 3.8) is 0 Å². The predicted octanol–water partition coefficient (Wildman–Crippen LogP) is 3.63. The Balaban J connectivity index is 2.04. The van der Waals surface area contributed by atoms with Crippen molar-refractivity contribution in [2.45, 2.75) is 13.3 Å². The summed E-state index contributed by atoms with van der Waals surface area (Å²) in [5, 5.41) is 2.31. The number of aliphatic imine (C=N–C) groups is 1. The van der Waals surface area contributed by atoms with Gasteiger partial charge in [0.05, 0.1) is 25.5 Å². The fraction of sp³-hybridized carbons (Fsp3) is 0.250. The van der Waals surface area contributed by atoms with Gasteiger partial charge in [-0.05, 0) is 6.92 Å². The second kappa shape index (κ2) is 5.53. The average Bonchev–Trinajstić information content (AvgIpc) is 3.12. The molecule has 1 radical (unpaired) electrons. The number of allylic oxidation sites excluding steroid dienone is 5. The van der Waals surface area contributed by atoms with Crippen LogP contribution in [0.25, 0.3) is 0 Å². The summed E-state index contributed by atoms with van der Waals surface area (Å²) in [6.07, 6.45) is 3.09. The molecule has 0 N–H and O–H groups in total. The molecule has 0 aromatic carbocycles. The van der Waals surface area contributed by atoms with Crippen molar-refractivity contribution in [2.75, 3.05) is 14.2 Å². The first kappa shape index (κ1) is 14.7. The van der Waals surface area contributed by atoms with Crippen LogP contribution in [0.5, 0.6) is 5.06 Å². The lowest BCUT2D eigenvalue weighted by atomic mass is 9.90. The molecule has 22 heavy (non-hydrogen) atoms. The van der Waals surface area contributed by atoms with Gasteiger partial charge in [0.15, 0.2) is 22.4 Å². The Labute approximate surface area is 131 Å². The van der Waals surface area contributed by atoms with Crippen LogP contribution in [-0.4, -0.2) is 25.7 Å². The van der Waals surface area contributed by atoms with Gasteiger partial charge in [-0.25, -0.2) is 4.39 Å². The zero-order valence-corrected chi connectivity index (χ0v) is 13.1. The number of ether oxygens (including phenoxy) is 2. The first-order valence-corrected chi connectivity index (χ1v) is 7.46. The number of halogens is 1. The van der Waals surface area contributed by atoms with Gasteiger partial charge in [-0.1, -0.05) is 0 Å². The molecule has 4 nitrogen and oxygen atoms in total. The zero-order valence-electron chi connectivity index (χ0n) is 12.3. The topological polar surface area (TPSA) is 47.9 Å². The van der Waals surface area contributed by atoms with E-state index in [2.05, 4.69) is 11.1 Å². The molecule has 0 saturated heterocycles. The number of carbonyl (C=O) groups excluding carboxylic acids is 1. The Morgan fingerprint density at radius 2 is 2.18 bits per heavy atom. The van der Waals surface area contributed by atoms with E-state index in [1.807, 2.05) is 0 Å². The Bertz CT molecular complexity index is 783. The second-order valence-electron chi connectivity index (χ2n) is 4.83. The molecule has 1 aromatic rings. The smallest absolute Gasteiger partial charge is 0.194 e. The van der Waals surface area contributed by atoms with E-state index in [0.29, 0.717) is 22.0 Å². The highest BCUT2D eigenvalue weighted by Crippen LogP contribution is 2.36. The number of rotatable bonds is 4. The summed E-state index contributed by atoms with van der Waals surface area (Å²) in [4.78, 5) is 16.9. The number of carbonyl (C=O) groups is 1. The van der Waals surface area contributed by atoms with Gasteiger partial charge in [-0.3, -0.25) is 9.79 Å². The fourth-order valence-corrected chi connectivity index (χ4v) is 3.17. The molecular weight excluding hydrogens is 305 g/mol. The van der Waals surface area contributed by atoms with Gasteiger partial charge in [-0.2, -0.15) is 0 Å². The van der Waals surface area contributed by atoms with Crippen molar-refractivity contribution in [3.8, 4) is 5.06 Å². The molecule has 1 aliphatic heterocycles. The van der Waals surface area contributed by atoms with Crippen LogP contribution in [0.2, 0.25) is 0 Å². The predicted molar refractivity (Wildman–Crippen MR) is 81.9 cm³/mol. The third kappa shape index (κ3) is 2.29. The summed E-state index contributed by atoms with van der Waals surface area (Å²) in [7, 11) is 2.89. The lowest BCUT2D eigenvalue weighted by Crippen LogP contribution is -2.18. The van der Waals surface area contributed by atoms with Gasteiger partial charge < -0.3 is 9.47 Å². The molecule has 2 heterocycles. The van der Waals surface area contributed by atoms with E-state index in [-0.39, 0.29) is 29.1 Å². The standard InChI is InChI=1S/C16H13FNO3S/c1-8-4-10-12(18-8)6-11(16(21-3)14(10)17)15(19)9-5-13(20-2)22-7-9/h5,7H,6H2,1-3H3. The van der Waals surface area contributed by atoms with Crippen LogP contribution in [0, 0.1) is 6.08 Å². The maximum absolute atomic E-state index is 14.5. The van der Waals surface area contributed by atoms with E-state index < -0.39 is 5.83 Å². The molecule has 6 heteroatoms. The van der Waals surface area contributed by atoms with Gasteiger partial charge in [0.2, 0.25) is 0 Å². The van der Waals surface area contributed by atoms with E-state index in [4.69, 9.17) is 9.47 Å². The van der Waals surface area contributed by atoms with Crippen LogP contribution in [0.15, 0.2) is 44.9 Å². The molecule has 0 fully saturated rings. The molecule has 1 aromatic heterocycles. The van der Waals surface area contributed by atoms with Crippen LogP contribution in [0.3, 0.4) is 0 Å². The highest BCUT2D eigenvalue weighted by molar-refractivity contribution is 7.12. The summed E-state index contributed by atoms with van der Waals surface area (Å²) < 4.78 is 24.8. The van der Waals surface area contributed by atoms with Gasteiger partial charge >= 0.3 is 0 Å². The van der Waals surface area contributed by atoms with Crippen LogP contribution >= 0.6 is 11.3 Å². The number of hydrogen-bond acceptors (Lipinski definition) is 5. The van der Waals surface area contributed by atoms with Crippen molar-refractivity contribution in [1.82, 2.24) is 0 Å². The van der Waals surface area contributed by atoms with Gasteiger partial charge in [0.25, 0.3) is 0 Å². The third-order valence-corrected chi connectivity index (χ3v) is 4.34. The molecule has 3 rings (SSSR count). The molecule has 0 amide bonds. The Morgan fingerprint density at radius 3 is 2.82 bits per heavy atom. The summed E-state index contributed by atoms with van der Waals surface area (Å²) in [5.41, 5.74) is 2.12. The third-order valence-electron chi connectivity index (χ3n) is 3.45. The number of thiophene rings is 1. The van der Waals surface area contributed by atoms with Crippen molar-refractivity contribution in [2.24, 2.45) is 4.99 Å².